The maximum atomic E-state index is 13.2. The van der Waals surface area contributed by atoms with Gasteiger partial charge >= 0.3 is 5.97 Å². The molecule has 1 aliphatic carbocycles. The summed E-state index contributed by atoms with van der Waals surface area (Å²) in [5, 5.41) is 3.09. The van der Waals surface area contributed by atoms with Gasteiger partial charge in [0.05, 0.1) is 19.1 Å². The molecule has 0 bridgehead atoms. The molecule has 2 aromatic carbocycles. The van der Waals surface area contributed by atoms with Gasteiger partial charge in [0.1, 0.15) is 5.41 Å². The molecule has 140 valence electrons. The Morgan fingerprint density at radius 3 is 2.30 bits per heavy atom. The Morgan fingerprint density at radius 2 is 1.67 bits per heavy atom. The third-order valence-corrected chi connectivity index (χ3v) is 5.39. The van der Waals surface area contributed by atoms with Gasteiger partial charge in [0.15, 0.2) is 0 Å². The highest BCUT2D eigenvalue weighted by Gasteiger charge is 2.51. The Hall–Kier alpha value is -2.88. The van der Waals surface area contributed by atoms with Gasteiger partial charge in [0.25, 0.3) is 0 Å². The predicted molar refractivity (Wildman–Crippen MR) is 105 cm³/mol. The average molecular weight is 363 g/mol. The van der Waals surface area contributed by atoms with Gasteiger partial charge in [-0.3, -0.25) is 9.59 Å². The minimum atomic E-state index is -1.01. The van der Waals surface area contributed by atoms with E-state index >= 15 is 0 Å². The van der Waals surface area contributed by atoms with Crippen LogP contribution in [0.25, 0.3) is 0 Å². The molecule has 3 rings (SSSR count). The van der Waals surface area contributed by atoms with Crippen molar-refractivity contribution < 1.29 is 14.3 Å². The highest BCUT2D eigenvalue weighted by Crippen LogP contribution is 2.42. The van der Waals surface area contributed by atoms with Gasteiger partial charge in [-0.25, -0.2) is 0 Å². The van der Waals surface area contributed by atoms with E-state index in [0.717, 1.165) is 11.1 Å². The Kier molecular flexibility index (Phi) is 5.75. The zero-order chi connectivity index (χ0) is 19.3. The van der Waals surface area contributed by atoms with Crippen molar-refractivity contribution in [2.24, 2.45) is 5.92 Å². The van der Waals surface area contributed by atoms with Crippen molar-refractivity contribution in [1.29, 1.82) is 0 Å². The number of nitrogens with one attached hydrogen (secondary N) is 1. The topological polar surface area (TPSA) is 55.4 Å². The first-order valence-corrected chi connectivity index (χ1v) is 9.24. The van der Waals surface area contributed by atoms with Crippen LogP contribution in [0.15, 0.2) is 72.8 Å². The van der Waals surface area contributed by atoms with Crippen molar-refractivity contribution in [3.05, 3.63) is 83.9 Å². The van der Waals surface area contributed by atoms with Crippen LogP contribution >= 0.6 is 0 Å². The van der Waals surface area contributed by atoms with E-state index in [0.29, 0.717) is 12.8 Å². The number of carbonyl (C=O) groups excluding carboxylic acids is 2. The lowest BCUT2D eigenvalue weighted by atomic mass is 9.64. The van der Waals surface area contributed by atoms with Gasteiger partial charge in [-0.15, -0.1) is 0 Å². The molecule has 1 N–H and O–H groups in total. The van der Waals surface area contributed by atoms with Crippen LogP contribution in [0.1, 0.15) is 36.9 Å². The molecular formula is C23H25NO3. The van der Waals surface area contributed by atoms with Crippen molar-refractivity contribution in [3.63, 3.8) is 0 Å². The smallest absolute Gasteiger partial charge is 0.317 e. The summed E-state index contributed by atoms with van der Waals surface area (Å²) in [5.41, 5.74) is 0.833. The molecule has 0 saturated carbocycles. The molecule has 0 aliphatic heterocycles. The van der Waals surface area contributed by atoms with E-state index in [9.17, 15) is 9.59 Å². The highest BCUT2D eigenvalue weighted by molar-refractivity contribution is 5.93. The lowest BCUT2D eigenvalue weighted by Crippen LogP contribution is -2.51. The summed E-state index contributed by atoms with van der Waals surface area (Å²) in [5.74, 6) is -1.03. The summed E-state index contributed by atoms with van der Waals surface area (Å²) in [6.45, 7) is 1.95. The van der Waals surface area contributed by atoms with Crippen molar-refractivity contribution in [2.45, 2.75) is 31.2 Å². The summed E-state index contributed by atoms with van der Waals surface area (Å²) in [6.07, 6.45) is 4.88. The van der Waals surface area contributed by atoms with Crippen LogP contribution in [0.3, 0.4) is 0 Å². The maximum Gasteiger partial charge on any atom is 0.317 e. The first-order chi connectivity index (χ1) is 13.1. The van der Waals surface area contributed by atoms with Gasteiger partial charge in [-0.2, -0.15) is 0 Å². The molecule has 0 aromatic heterocycles. The molecule has 3 atom stereocenters. The first kappa shape index (κ1) is 18.9. The minimum Gasteiger partial charge on any atom is -0.468 e. The highest BCUT2D eigenvalue weighted by atomic mass is 16.5. The molecule has 1 amide bonds. The number of rotatable bonds is 5. The van der Waals surface area contributed by atoms with Crippen LogP contribution in [-0.2, 0) is 19.7 Å². The Bertz CT molecular complexity index is 816. The molecule has 0 unspecified atom stereocenters. The Morgan fingerprint density at radius 1 is 1.04 bits per heavy atom. The first-order valence-electron chi connectivity index (χ1n) is 9.24. The number of hydrogen-bond acceptors (Lipinski definition) is 3. The molecular weight excluding hydrogens is 338 g/mol. The number of carbonyl (C=O) groups is 2. The lowest BCUT2D eigenvalue weighted by molar-refractivity contribution is -0.153. The average Bonchev–Trinajstić information content (AvgIpc) is 2.74. The van der Waals surface area contributed by atoms with Crippen LogP contribution in [-0.4, -0.2) is 19.0 Å². The fourth-order valence-corrected chi connectivity index (χ4v) is 3.90. The van der Waals surface area contributed by atoms with E-state index in [2.05, 4.69) is 5.32 Å². The van der Waals surface area contributed by atoms with Crippen LogP contribution in [0.2, 0.25) is 0 Å². The van der Waals surface area contributed by atoms with Crippen molar-refractivity contribution in [2.75, 3.05) is 7.11 Å². The third-order valence-electron chi connectivity index (χ3n) is 5.39. The fourth-order valence-electron chi connectivity index (χ4n) is 3.90. The summed E-state index contributed by atoms with van der Waals surface area (Å²) >= 11 is 0. The van der Waals surface area contributed by atoms with E-state index in [1.807, 2.05) is 79.7 Å². The number of methoxy groups -OCH3 is 1. The predicted octanol–water partition coefficient (Wildman–Crippen LogP) is 3.94. The minimum absolute atomic E-state index is 0.134. The van der Waals surface area contributed by atoms with Crippen LogP contribution in [0, 0.1) is 5.92 Å². The zero-order valence-electron chi connectivity index (χ0n) is 15.7. The summed E-state index contributed by atoms with van der Waals surface area (Å²) in [6, 6.07) is 19.1. The van der Waals surface area contributed by atoms with Crippen molar-refractivity contribution >= 4 is 11.9 Å². The molecule has 0 spiro atoms. The largest absolute Gasteiger partial charge is 0.468 e. The summed E-state index contributed by atoms with van der Waals surface area (Å²) in [4.78, 5) is 26.2. The van der Waals surface area contributed by atoms with Crippen molar-refractivity contribution in [1.82, 2.24) is 5.32 Å². The molecule has 27 heavy (non-hydrogen) atoms. The molecule has 0 fully saturated rings. The molecule has 2 aromatic rings. The van der Waals surface area contributed by atoms with Gasteiger partial charge in [-0.05, 0) is 30.9 Å². The number of benzene rings is 2. The SMILES string of the molecule is COC(=O)[C@@]1(c2ccccc2)CC=CC[C@H]1C(=O)N[C@@H](C)c1ccccc1. The maximum absolute atomic E-state index is 13.2. The van der Waals surface area contributed by atoms with E-state index in [1.54, 1.807) is 0 Å². The van der Waals surface area contributed by atoms with E-state index < -0.39 is 11.3 Å². The van der Waals surface area contributed by atoms with E-state index in [-0.39, 0.29) is 17.9 Å². The molecule has 0 radical (unpaired) electrons. The number of hydrogen-bond donors (Lipinski definition) is 1. The summed E-state index contributed by atoms with van der Waals surface area (Å²) in [7, 11) is 1.38. The lowest BCUT2D eigenvalue weighted by Gasteiger charge is -2.39. The fraction of sp³-hybridized carbons (Fsp3) is 0.304. The number of amides is 1. The molecule has 4 heteroatoms. The van der Waals surface area contributed by atoms with E-state index in [1.165, 1.54) is 7.11 Å². The van der Waals surface area contributed by atoms with E-state index in [4.69, 9.17) is 4.74 Å². The molecule has 1 aliphatic rings. The molecule has 0 heterocycles. The number of ether oxygens (including phenoxy) is 1. The second-order valence-corrected chi connectivity index (χ2v) is 6.93. The third kappa shape index (κ3) is 3.65. The quantitative estimate of drug-likeness (QED) is 0.647. The Labute approximate surface area is 160 Å². The van der Waals surface area contributed by atoms with Gasteiger partial charge in [0, 0.05) is 0 Å². The normalized spacial score (nSPS) is 22.7. The number of esters is 1. The van der Waals surface area contributed by atoms with Crippen LogP contribution < -0.4 is 5.32 Å². The van der Waals surface area contributed by atoms with Crippen LogP contribution in [0.4, 0.5) is 0 Å². The second kappa shape index (κ2) is 8.21. The van der Waals surface area contributed by atoms with Crippen LogP contribution in [0.5, 0.6) is 0 Å². The monoisotopic (exact) mass is 363 g/mol. The number of allylic oxidation sites excluding steroid dienone is 2. The van der Waals surface area contributed by atoms with Gasteiger partial charge in [0.2, 0.25) is 5.91 Å². The molecule has 0 saturated heterocycles. The van der Waals surface area contributed by atoms with Gasteiger partial charge in [-0.1, -0.05) is 72.8 Å². The standard InChI is InChI=1S/C23H25NO3/c1-17(18-11-5-3-6-12-18)24-21(25)20-15-9-10-16-23(20,22(26)27-2)19-13-7-4-8-14-19/h3-14,17,20H,15-16H2,1-2H3,(H,24,25)/t17-,20-,23+/m0/s1. The summed E-state index contributed by atoms with van der Waals surface area (Å²) < 4.78 is 5.16. The zero-order valence-corrected chi connectivity index (χ0v) is 15.7. The molecule has 4 nitrogen and oxygen atoms in total. The second-order valence-electron chi connectivity index (χ2n) is 6.93. The Balaban J connectivity index is 1.94. The van der Waals surface area contributed by atoms with Gasteiger partial charge < -0.3 is 10.1 Å². The van der Waals surface area contributed by atoms with Crippen molar-refractivity contribution in [3.8, 4) is 0 Å².